The number of fused-ring (bicyclic) bond motifs is 1. The Hall–Kier alpha value is -2.36. The van der Waals surface area contributed by atoms with Gasteiger partial charge in [-0.2, -0.15) is 0 Å². The Balaban J connectivity index is 1.87. The molecule has 0 bridgehead atoms. The van der Waals surface area contributed by atoms with Crippen LogP contribution < -0.4 is 10.0 Å². The van der Waals surface area contributed by atoms with Crippen LogP contribution in [0.25, 0.3) is 10.3 Å². The molecule has 2 aromatic heterocycles. The molecule has 0 aliphatic rings. The van der Waals surface area contributed by atoms with E-state index in [0.717, 1.165) is 0 Å². The van der Waals surface area contributed by atoms with Crippen LogP contribution in [0.4, 0.5) is 5.69 Å². The number of hydrogen-bond acceptors (Lipinski definition) is 6. The van der Waals surface area contributed by atoms with Gasteiger partial charge in [-0.15, -0.1) is 0 Å². The average Bonchev–Trinajstić information content (AvgIpc) is 2.99. The van der Waals surface area contributed by atoms with Gasteiger partial charge in [0.2, 0.25) is 10.0 Å². The minimum atomic E-state index is -3.57. The summed E-state index contributed by atoms with van der Waals surface area (Å²) < 4.78 is 25.8. The second-order valence-electron chi connectivity index (χ2n) is 4.54. The molecule has 0 atom stereocenters. The minimum Gasteiger partial charge on any atom is -0.320 e. The van der Waals surface area contributed by atoms with E-state index in [1.807, 2.05) is 0 Å². The molecule has 23 heavy (non-hydrogen) atoms. The summed E-state index contributed by atoms with van der Waals surface area (Å²) in [6.45, 7) is 0. The fourth-order valence-corrected chi connectivity index (χ4v) is 3.49. The van der Waals surface area contributed by atoms with E-state index in [2.05, 4.69) is 20.0 Å². The number of nitrogens with one attached hydrogen (secondary N) is 2. The molecule has 0 aliphatic carbocycles. The van der Waals surface area contributed by atoms with Crippen LogP contribution in [0.5, 0.6) is 0 Å². The van der Waals surface area contributed by atoms with Crippen molar-refractivity contribution in [2.75, 3.05) is 12.4 Å². The van der Waals surface area contributed by atoms with Crippen molar-refractivity contribution in [3.05, 3.63) is 47.6 Å². The number of carbonyl (C=O) groups is 1. The molecule has 2 heterocycles. The number of sulfonamides is 1. The number of anilines is 1. The van der Waals surface area contributed by atoms with Crippen LogP contribution in [0.15, 0.2) is 47.5 Å². The predicted octanol–water partition coefficient (Wildman–Crippen LogP) is 1.85. The van der Waals surface area contributed by atoms with Crippen molar-refractivity contribution >= 4 is 43.3 Å². The van der Waals surface area contributed by atoms with E-state index >= 15 is 0 Å². The normalized spacial score (nSPS) is 11.5. The Morgan fingerprint density at radius 3 is 2.78 bits per heavy atom. The zero-order valence-electron chi connectivity index (χ0n) is 12.0. The second kappa shape index (κ2) is 6.03. The van der Waals surface area contributed by atoms with Crippen molar-refractivity contribution in [3.63, 3.8) is 0 Å². The van der Waals surface area contributed by atoms with E-state index in [1.54, 1.807) is 30.5 Å². The lowest BCUT2D eigenvalue weighted by Gasteiger charge is -2.06. The summed E-state index contributed by atoms with van der Waals surface area (Å²) in [5.41, 5.74) is 1.02. The molecule has 7 nitrogen and oxygen atoms in total. The van der Waals surface area contributed by atoms with E-state index in [1.165, 1.54) is 30.5 Å². The SMILES string of the molecule is CNS(=O)(=O)c1cccc(NC(=O)c2nc3cccnc3s2)c1. The lowest BCUT2D eigenvalue weighted by Crippen LogP contribution is -2.19. The summed E-state index contributed by atoms with van der Waals surface area (Å²) in [5, 5.41) is 2.91. The summed E-state index contributed by atoms with van der Waals surface area (Å²) in [6.07, 6.45) is 1.63. The van der Waals surface area contributed by atoms with Crippen LogP contribution in [0.3, 0.4) is 0 Å². The first kappa shape index (κ1) is 15.5. The van der Waals surface area contributed by atoms with Gasteiger partial charge in [-0.3, -0.25) is 4.79 Å². The number of benzene rings is 1. The van der Waals surface area contributed by atoms with Crippen molar-refractivity contribution in [2.45, 2.75) is 4.90 Å². The molecule has 0 fully saturated rings. The lowest BCUT2D eigenvalue weighted by molar-refractivity contribution is 0.102. The van der Waals surface area contributed by atoms with Gasteiger partial charge < -0.3 is 5.32 Å². The molecule has 1 amide bonds. The molecule has 0 spiro atoms. The molecule has 0 radical (unpaired) electrons. The van der Waals surface area contributed by atoms with E-state index in [9.17, 15) is 13.2 Å². The Morgan fingerprint density at radius 2 is 2.04 bits per heavy atom. The zero-order chi connectivity index (χ0) is 16.4. The maximum absolute atomic E-state index is 12.3. The molecule has 1 aromatic carbocycles. The number of amides is 1. The molecular formula is C14H12N4O3S2. The van der Waals surface area contributed by atoms with Gasteiger partial charge >= 0.3 is 0 Å². The van der Waals surface area contributed by atoms with Crippen LogP contribution >= 0.6 is 11.3 Å². The van der Waals surface area contributed by atoms with E-state index in [4.69, 9.17) is 0 Å². The third kappa shape index (κ3) is 3.21. The second-order valence-corrected chi connectivity index (χ2v) is 7.40. The van der Waals surface area contributed by atoms with Crippen LogP contribution in [-0.2, 0) is 10.0 Å². The topological polar surface area (TPSA) is 101 Å². The number of nitrogens with zero attached hydrogens (tertiary/aromatic N) is 2. The number of rotatable bonds is 4. The van der Waals surface area contributed by atoms with Gasteiger partial charge in [-0.25, -0.2) is 23.1 Å². The van der Waals surface area contributed by atoms with E-state index < -0.39 is 15.9 Å². The first-order chi connectivity index (χ1) is 11.0. The van der Waals surface area contributed by atoms with Gasteiger partial charge in [-0.05, 0) is 37.4 Å². The van der Waals surface area contributed by atoms with Gasteiger partial charge in [0.1, 0.15) is 10.3 Å². The van der Waals surface area contributed by atoms with Gasteiger partial charge in [0.05, 0.1) is 4.90 Å². The molecule has 0 unspecified atom stereocenters. The van der Waals surface area contributed by atoms with Gasteiger partial charge in [-0.1, -0.05) is 17.4 Å². The Bertz CT molecular complexity index is 949. The van der Waals surface area contributed by atoms with Crippen molar-refractivity contribution in [1.82, 2.24) is 14.7 Å². The molecule has 0 saturated carbocycles. The summed E-state index contributed by atoms with van der Waals surface area (Å²) in [5.74, 6) is -0.410. The zero-order valence-corrected chi connectivity index (χ0v) is 13.6. The molecule has 118 valence electrons. The minimum absolute atomic E-state index is 0.0729. The Kier molecular flexibility index (Phi) is 4.07. The van der Waals surface area contributed by atoms with Crippen LogP contribution in [0.1, 0.15) is 9.80 Å². The Morgan fingerprint density at radius 1 is 1.22 bits per heavy atom. The maximum Gasteiger partial charge on any atom is 0.284 e. The molecule has 0 aliphatic heterocycles. The molecule has 3 rings (SSSR count). The predicted molar refractivity (Wildman–Crippen MR) is 88.1 cm³/mol. The fourth-order valence-electron chi connectivity index (χ4n) is 1.91. The summed E-state index contributed by atoms with van der Waals surface area (Å²) in [7, 11) is -2.24. The number of hydrogen-bond donors (Lipinski definition) is 2. The molecule has 2 N–H and O–H groups in total. The Labute approximate surface area is 136 Å². The quantitative estimate of drug-likeness (QED) is 0.749. The van der Waals surface area contributed by atoms with Crippen molar-refractivity contribution in [1.29, 1.82) is 0 Å². The molecular weight excluding hydrogens is 336 g/mol. The average molecular weight is 348 g/mol. The van der Waals surface area contributed by atoms with Crippen molar-refractivity contribution in [3.8, 4) is 0 Å². The third-order valence-corrected chi connectivity index (χ3v) is 5.42. The van der Waals surface area contributed by atoms with Crippen molar-refractivity contribution < 1.29 is 13.2 Å². The fraction of sp³-hybridized carbons (Fsp3) is 0.0714. The van der Waals surface area contributed by atoms with Gasteiger partial charge in [0.25, 0.3) is 5.91 Å². The van der Waals surface area contributed by atoms with Crippen LogP contribution in [0, 0.1) is 0 Å². The summed E-state index contributed by atoms with van der Waals surface area (Å²) in [4.78, 5) is 21.3. The number of carbonyl (C=O) groups excluding carboxylic acids is 1. The lowest BCUT2D eigenvalue weighted by atomic mass is 10.3. The van der Waals surface area contributed by atoms with Crippen LogP contribution in [0.2, 0.25) is 0 Å². The molecule has 0 saturated heterocycles. The largest absolute Gasteiger partial charge is 0.320 e. The summed E-state index contributed by atoms with van der Waals surface area (Å²) >= 11 is 1.17. The highest BCUT2D eigenvalue weighted by molar-refractivity contribution is 7.89. The summed E-state index contributed by atoms with van der Waals surface area (Å²) in [6, 6.07) is 9.52. The monoisotopic (exact) mass is 348 g/mol. The highest BCUT2D eigenvalue weighted by atomic mass is 32.2. The molecule has 3 aromatic rings. The maximum atomic E-state index is 12.3. The van der Waals surface area contributed by atoms with E-state index in [-0.39, 0.29) is 9.90 Å². The molecule has 9 heteroatoms. The standard InChI is InChI=1S/C14H12N4O3S2/c1-15-23(20,21)10-5-2-4-9(8-10)17-12(19)14-18-11-6-3-7-16-13(11)22-14/h2-8,15H,1H3,(H,17,19). The van der Waals surface area contributed by atoms with Gasteiger partial charge in [0.15, 0.2) is 5.01 Å². The highest BCUT2D eigenvalue weighted by Gasteiger charge is 2.15. The number of pyridine rings is 1. The van der Waals surface area contributed by atoms with Gasteiger partial charge in [0, 0.05) is 11.9 Å². The first-order valence-electron chi connectivity index (χ1n) is 6.56. The third-order valence-electron chi connectivity index (χ3n) is 3.03. The number of aromatic nitrogens is 2. The highest BCUT2D eigenvalue weighted by Crippen LogP contribution is 2.21. The van der Waals surface area contributed by atoms with Crippen LogP contribution in [-0.4, -0.2) is 31.3 Å². The van der Waals surface area contributed by atoms with E-state index in [0.29, 0.717) is 16.0 Å². The number of thiazole rings is 1. The first-order valence-corrected chi connectivity index (χ1v) is 8.86. The smallest absolute Gasteiger partial charge is 0.284 e. The van der Waals surface area contributed by atoms with Crippen molar-refractivity contribution in [2.24, 2.45) is 0 Å².